The average Bonchev–Trinajstić information content (AvgIpc) is 2.87. The van der Waals surface area contributed by atoms with Gasteiger partial charge < -0.3 is 4.98 Å². The maximum atomic E-state index is 13.2. The van der Waals surface area contributed by atoms with Crippen LogP contribution in [0.25, 0.3) is 33.4 Å². The van der Waals surface area contributed by atoms with Crippen molar-refractivity contribution in [3.8, 4) is 22.4 Å². The van der Waals surface area contributed by atoms with E-state index in [4.69, 9.17) is 16.6 Å². The Morgan fingerprint density at radius 3 is 2.35 bits per heavy atom. The Hall–Kier alpha value is -3.88. The number of benzene rings is 2. The van der Waals surface area contributed by atoms with Crippen molar-refractivity contribution in [2.24, 2.45) is 0 Å². The van der Waals surface area contributed by atoms with Gasteiger partial charge in [-0.15, -0.1) is 0 Å². The summed E-state index contributed by atoms with van der Waals surface area (Å²) in [7, 11) is -3.67. The van der Waals surface area contributed by atoms with E-state index in [1.54, 1.807) is 12.1 Å². The molecule has 0 aliphatic carbocycles. The highest BCUT2D eigenvalue weighted by Gasteiger charge is 2.18. The van der Waals surface area contributed by atoms with Crippen LogP contribution in [-0.2, 0) is 16.3 Å². The molecule has 9 heteroatoms. The first kappa shape index (κ1) is 24.8. The fourth-order valence-corrected chi connectivity index (χ4v) is 5.70. The standard InChI is InChI=1S/C28H21ClFN3O3S/c1-17-13-19(14-26(29)31-17)23-16-24-25(34)15-21(11-12-37(35,36)22-9-7-20(30)8-10-22)32-28(24)33-27(23)18-5-3-2-4-6-18/h2-10,13-16H,11-12H2,1H3,(H,32,33,34). The highest BCUT2D eigenvalue weighted by molar-refractivity contribution is 7.91. The largest absolute Gasteiger partial charge is 0.343 e. The molecule has 0 unspecified atom stereocenters. The van der Waals surface area contributed by atoms with Crippen LogP contribution in [0, 0.1) is 12.7 Å². The first-order valence-corrected chi connectivity index (χ1v) is 13.5. The van der Waals surface area contributed by atoms with E-state index in [0.717, 1.165) is 34.5 Å². The number of aromatic amines is 1. The number of halogens is 2. The Balaban J connectivity index is 1.59. The molecule has 5 rings (SSSR count). The summed E-state index contributed by atoms with van der Waals surface area (Å²) in [5, 5.41) is 0.700. The number of H-pyrrole nitrogens is 1. The molecule has 0 atom stereocenters. The van der Waals surface area contributed by atoms with Gasteiger partial charge in [0.05, 0.1) is 21.7 Å². The Morgan fingerprint density at radius 1 is 0.919 bits per heavy atom. The maximum absolute atomic E-state index is 13.2. The first-order valence-electron chi connectivity index (χ1n) is 11.4. The zero-order valence-electron chi connectivity index (χ0n) is 19.7. The monoisotopic (exact) mass is 533 g/mol. The van der Waals surface area contributed by atoms with E-state index >= 15 is 0 Å². The number of pyridine rings is 3. The highest BCUT2D eigenvalue weighted by atomic mass is 35.5. The molecule has 2 aromatic carbocycles. The molecule has 3 aromatic heterocycles. The fraction of sp³-hybridized carbons (Fsp3) is 0.107. The normalized spacial score (nSPS) is 11.6. The third-order valence-corrected chi connectivity index (χ3v) is 7.89. The fourth-order valence-electron chi connectivity index (χ4n) is 4.18. The maximum Gasteiger partial charge on any atom is 0.191 e. The first-order chi connectivity index (χ1) is 17.7. The molecule has 0 spiro atoms. The second kappa shape index (κ2) is 9.88. The molecule has 5 aromatic rings. The van der Waals surface area contributed by atoms with Crippen LogP contribution in [0.2, 0.25) is 5.15 Å². The van der Waals surface area contributed by atoms with Gasteiger partial charge in [0.2, 0.25) is 0 Å². The minimum absolute atomic E-state index is 0.0254. The van der Waals surface area contributed by atoms with Gasteiger partial charge in [-0.05, 0) is 55.0 Å². The van der Waals surface area contributed by atoms with E-state index in [-0.39, 0.29) is 22.5 Å². The zero-order valence-corrected chi connectivity index (χ0v) is 21.3. The van der Waals surface area contributed by atoms with E-state index in [9.17, 15) is 17.6 Å². The molecule has 0 fully saturated rings. The third kappa shape index (κ3) is 5.30. The Labute approximate surface area is 217 Å². The van der Waals surface area contributed by atoms with E-state index < -0.39 is 15.7 Å². The van der Waals surface area contributed by atoms with E-state index in [2.05, 4.69) is 9.97 Å². The number of hydrogen-bond donors (Lipinski definition) is 1. The SMILES string of the molecule is Cc1cc(-c2cc3c(=O)cc(CCS(=O)(=O)c4ccc(F)cc4)[nH]c3nc2-c2ccccc2)cc(Cl)n1. The second-order valence-electron chi connectivity index (χ2n) is 8.65. The molecule has 0 saturated heterocycles. The van der Waals surface area contributed by atoms with Crippen molar-refractivity contribution in [2.45, 2.75) is 18.2 Å². The summed E-state index contributed by atoms with van der Waals surface area (Å²) in [5.41, 5.74) is 4.22. The van der Waals surface area contributed by atoms with Crippen molar-refractivity contribution in [1.29, 1.82) is 0 Å². The smallest absolute Gasteiger partial charge is 0.191 e. The van der Waals surface area contributed by atoms with Crippen molar-refractivity contribution < 1.29 is 12.8 Å². The summed E-state index contributed by atoms with van der Waals surface area (Å²) in [6.45, 7) is 1.84. The predicted molar refractivity (Wildman–Crippen MR) is 143 cm³/mol. The van der Waals surface area contributed by atoms with E-state index in [1.807, 2.05) is 43.3 Å². The van der Waals surface area contributed by atoms with Gasteiger partial charge in [0.1, 0.15) is 16.6 Å². The molecule has 0 amide bonds. The molecule has 1 N–H and O–H groups in total. The van der Waals surface area contributed by atoms with Crippen LogP contribution < -0.4 is 5.43 Å². The Morgan fingerprint density at radius 2 is 1.65 bits per heavy atom. The van der Waals surface area contributed by atoms with Crippen LogP contribution in [0.5, 0.6) is 0 Å². The Kier molecular flexibility index (Phi) is 6.62. The second-order valence-corrected chi connectivity index (χ2v) is 11.1. The number of nitrogens with one attached hydrogen (secondary N) is 1. The van der Waals surface area contributed by atoms with Crippen molar-refractivity contribution in [2.75, 3.05) is 5.75 Å². The lowest BCUT2D eigenvalue weighted by molar-refractivity contribution is 0.593. The number of sulfone groups is 1. The Bertz CT molecular complexity index is 1770. The summed E-state index contributed by atoms with van der Waals surface area (Å²) >= 11 is 6.23. The van der Waals surface area contributed by atoms with E-state index in [1.165, 1.54) is 18.2 Å². The van der Waals surface area contributed by atoms with Gasteiger partial charge in [0, 0.05) is 35.0 Å². The van der Waals surface area contributed by atoms with Crippen molar-refractivity contribution in [1.82, 2.24) is 15.0 Å². The molecule has 0 radical (unpaired) electrons. The summed E-state index contributed by atoms with van der Waals surface area (Å²) in [6.07, 6.45) is 0.0636. The number of aryl methyl sites for hydroxylation is 2. The molecule has 0 bridgehead atoms. The lowest BCUT2D eigenvalue weighted by atomic mass is 9.98. The van der Waals surface area contributed by atoms with Crippen LogP contribution in [0.1, 0.15) is 11.4 Å². The number of hydrogen-bond acceptors (Lipinski definition) is 5. The summed E-state index contributed by atoms with van der Waals surface area (Å²) in [5.74, 6) is -0.764. The molecule has 0 saturated carbocycles. The van der Waals surface area contributed by atoms with Gasteiger partial charge >= 0.3 is 0 Å². The summed E-state index contributed by atoms with van der Waals surface area (Å²) in [6, 6.07) is 21.0. The zero-order chi connectivity index (χ0) is 26.2. The molecular formula is C28H21ClFN3O3S. The highest BCUT2D eigenvalue weighted by Crippen LogP contribution is 2.33. The van der Waals surface area contributed by atoms with Crippen LogP contribution in [0.3, 0.4) is 0 Å². The predicted octanol–water partition coefficient (Wildman–Crippen LogP) is 5.77. The average molecular weight is 534 g/mol. The summed E-state index contributed by atoms with van der Waals surface area (Å²) < 4.78 is 38.6. The molecule has 6 nitrogen and oxygen atoms in total. The van der Waals surface area contributed by atoms with Gasteiger partial charge in [-0.2, -0.15) is 0 Å². The van der Waals surface area contributed by atoms with Crippen molar-refractivity contribution in [3.05, 3.63) is 111 Å². The van der Waals surface area contributed by atoms with Gasteiger partial charge in [-0.3, -0.25) is 4.79 Å². The topological polar surface area (TPSA) is 92.8 Å². The molecule has 0 aliphatic rings. The summed E-state index contributed by atoms with van der Waals surface area (Å²) in [4.78, 5) is 25.3. The number of fused-ring (bicyclic) bond motifs is 1. The van der Waals surface area contributed by atoms with Crippen LogP contribution in [-0.4, -0.2) is 29.1 Å². The minimum Gasteiger partial charge on any atom is -0.343 e. The van der Waals surface area contributed by atoms with Gasteiger partial charge in [-0.1, -0.05) is 41.9 Å². The quantitative estimate of drug-likeness (QED) is 0.221. The molecular weight excluding hydrogens is 513 g/mol. The number of nitrogens with zero attached hydrogens (tertiary/aromatic N) is 2. The number of aromatic nitrogens is 3. The number of rotatable bonds is 6. The van der Waals surface area contributed by atoms with Crippen LogP contribution in [0.15, 0.2) is 88.6 Å². The van der Waals surface area contributed by atoms with Crippen molar-refractivity contribution >= 4 is 32.5 Å². The van der Waals surface area contributed by atoms with Crippen LogP contribution >= 0.6 is 11.6 Å². The van der Waals surface area contributed by atoms with E-state index in [0.29, 0.717) is 27.6 Å². The van der Waals surface area contributed by atoms with Gasteiger partial charge in [0.25, 0.3) is 0 Å². The third-order valence-electron chi connectivity index (χ3n) is 5.97. The molecule has 0 aliphatic heterocycles. The van der Waals surface area contributed by atoms with Crippen molar-refractivity contribution in [3.63, 3.8) is 0 Å². The van der Waals surface area contributed by atoms with Gasteiger partial charge in [-0.25, -0.2) is 22.8 Å². The minimum atomic E-state index is -3.67. The van der Waals surface area contributed by atoms with Crippen LogP contribution in [0.4, 0.5) is 4.39 Å². The molecule has 37 heavy (non-hydrogen) atoms. The lowest BCUT2D eigenvalue weighted by Gasteiger charge is -2.13. The lowest BCUT2D eigenvalue weighted by Crippen LogP contribution is -2.13. The molecule has 186 valence electrons. The van der Waals surface area contributed by atoms with Gasteiger partial charge in [0.15, 0.2) is 15.3 Å². The molecule has 3 heterocycles.